The van der Waals surface area contributed by atoms with Crippen LogP contribution < -0.4 is 10.1 Å². The van der Waals surface area contributed by atoms with E-state index in [1.807, 2.05) is 29.6 Å². The van der Waals surface area contributed by atoms with Crippen molar-refractivity contribution in [3.63, 3.8) is 0 Å². The van der Waals surface area contributed by atoms with Gasteiger partial charge in [-0.2, -0.15) is 0 Å². The predicted molar refractivity (Wildman–Crippen MR) is 98.1 cm³/mol. The third-order valence-electron chi connectivity index (χ3n) is 3.99. The van der Waals surface area contributed by atoms with E-state index in [2.05, 4.69) is 15.3 Å². The van der Waals surface area contributed by atoms with Gasteiger partial charge in [0.15, 0.2) is 5.13 Å². The standard InChI is InChI=1S/C18H14ClN3O2S/c19-14-3-4-16-12(7-14)6-13(9-24-16)17(23)22-18-21-15(10-25-18)11-2-1-5-20-8-11/h1-5,7-8,10,13H,6,9H2,(H,21,22,23)/t13-/m0/s1. The third kappa shape index (κ3) is 3.50. The minimum absolute atomic E-state index is 0.0993. The van der Waals surface area contributed by atoms with E-state index in [1.165, 1.54) is 11.3 Å². The van der Waals surface area contributed by atoms with Gasteiger partial charge >= 0.3 is 0 Å². The normalized spacial score (nSPS) is 16.0. The molecule has 1 aliphatic heterocycles. The molecule has 0 spiro atoms. The zero-order valence-corrected chi connectivity index (χ0v) is 14.7. The van der Waals surface area contributed by atoms with Crippen molar-refractivity contribution in [3.05, 3.63) is 58.7 Å². The highest BCUT2D eigenvalue weighted by atomic mass is 35.5. The van der Waals surface area contributed by atoms with Crippen LogP contribution >= 0.6 is 22.9 Å². The first kappa shape index (κ1) is 16.1. The Hall–Kier alpha value is -2.44. The van der Waals surface area contributed by atoms with Gasteiger partial charge in [-0.15, -0.1) is 11.3 Å². The van der Waals surface area contributed by atoms with Gasteiger partial charge < -0.3 is 10.1 Å². The van der Waals surface area contributed by atoms with Crippen LogP contribution in [0.2, 0.25) is 5.02 Å². The van der Waals surface area contributed by atoms with Gasteiger partial charge in [-0.1, -0.05) is 11.6 Å². The van der Waals surface area contributed by atoms with Crippen molar-refractivity contribution in [3.8, 4) is 17.0 Å². The Morgan fingerprint density at radius 1 is 1.36 bits per heavy atom. The van der Waals surface area contributed by atoms with Crippen LogP contribution in [0.5, 0.6) is 5.75 Å². The monoisotopic (exact) mass is 371 g/mol. The number of ether oxygens (including phenoxy) is 1. The zero-order valence-electron chi connectivity index (χ0n) is 13.1. The van der Waals surface area contributed by atoms with Crippen LogP contribution in [-0.4, -0.2) is 22.5 Å². The molecule has 4 rings (SSSR count). The number of carbonyl (C=O) groups excluding carboxylic acids is 1. The van der Waals surface area contributed by atoms with Crippen molar-refractivity contribution in [1.29, 1.82) is 0 Å². The van der Waals surface area contributed by atoms with Crippen LogP contribution in [-0.2, 0) is 11.2 Å². The average molecular weight is 372 g/mol. The molecule has 1 aromatic carbocycles. The fourth-order valence-electron chi connectivity index (χ4n) is 2.72. The molecule has 126 valence electrons. The number of anilines is 1. The summed E-state index contributed by atoms with van der Waals surface area (Å²) in [6.07, 6.45) is 4.06. The number of rotatable bonds is 3. The number of hydrogen-bond donors (Lipinski definition) is 1. The third-order valence-corrected chi connectivity index (χ3v) is 4.98. The van der Waals surface area contributed by atoms with Crippen molar-refractivity contribution < 1.29 is 9.53 Å². The molecule has 0 unspecified atom stereocenters. The second kappa shape index (κ2) is 6.82. The summed E-state index contributed by atoms with van der Waals surface area (Å²) in [6.45, 7) is 0.349. The summed E-state index contributed by atoms with van der Waals surface area (Å²) >= 11 is 7.42. The topological polar surface area (TPSA) is 64.1 Å². The second-order valence-electron chi connectivity index (χ2n) is 5.73. The number of carbonyl (C=O) groups is 1. The van der Waals surface area contributed by atoms with Gasteiger partial charge in [-0.25, -0.2) is 4.98 Å². The van der Waals surface area contributed by atoms with E-state index in [4.69, 9.17) is 16.3 Å². The lowest BCUT2D eigenvalue weighted by Crippen LogP contribution is -2.32. The maximum Gasteiger partial charge on any atom is 0.233 e. The Bertz CT molecular complexity index is 914. The molecular formula is C18H14ClN3O2S. The largest absolute Gasteiger partial charge is 0.492 e. The van der Waals surface area contributed by atoms with Gasteiger partial charge in [0.25, 0.3) is 0 Å². The summed E-state index contributed by atoms with van der Waals surface area (Å²) < 4.78 is 5.68. The molecule has 0 saturated carbocycles. The number of halogens is 1. The van der Waals surface area contributed by atoms with E-state index in [1.54, 1.807) is 18.5 Å². The maximum atomic E-state index is 12.5. The van der Waals surface area contributed by atoms with E-state index in [-0.39, 0.29) is 11.8 Å². The van der Waals surface area contributed by atoms with Gasteiger partial charge in [0, 0.05) is 28.4 Å². The van der Waals surface area contributed by atoms with Crippen LogP contribution in [0.1, 0.15) is 5.56 Å². The lowest BCUT2D eigenvalue weighted by atomic mass is 9.96. The Balaban J connectivity index is 1.45. The summed E-state index contributed by atoms with van der Waals surface area (Å²) in [4.78, 5) is 21.1. The molecule has 1 N–H and O–H groups in total. The highest BCUT2D eigenvalue weighted by molar-refractivity contribution is 7.14. The quantitative estimate of drug-likeness (QED) is 0.754. The Labute approximate surface area is 153 Å². The van der Waals surface area contributed by atoms with Gasteiger partial charge in [0.1, 0.15) is 12.4 Å². The SMILES string of the molecule is O=C(Nc1nc(-c2cccnc2)cs1)[C@@H]1COc2ccc(Cl)cc2C1. The summed E-state index contributed by atoms with van der Waals surface area (Å²) in [5.74, 6) is 0.427. The number of pyridine rings is 1. The Morgan fingerprint density at radius 3 is 3.12 bits per heavy atom. The molecule has 0 bridgehead atoms. The highest BCUT2D eigenvalue weighted by Gasteiger charge is 2.26. The second-order valence-corrected chi connectivity index (χ2v) is 7.03. The highest BCUT2D eigenvalue weighted by Crippen LogP contribution is 2.31. The van der Waals surface area contributed by atoms with E-state index < -0.39 is 0 Å². The fraction of sp³-hybridized carbons (Fsp3) is 0.167. The fourth-order valence-corrected chi connectivity index (χ4v) is 3.63. The van der Waals surface area contributed by atoms with Crippen molar-refractivity contribution in [2.45, 2.75) is 6.42 Å². The minimum Gasteiger partial charge on any atom is -0.492 e. The molecule has 7 heteroatoms. The molecule has 1 aliphatic rings. The molecular weight excluding hydrogens is 358 g/mol. The number of nitrogens with one attached hydrogen (secondary N) is 1. The molecule has 3 aromatic rings. The molecule has 0 aliphatic carbocycles. The van der Waals surface area contributed by atoms with Crippen LogP contribution in [0.15, 0.2) is 48.1 Å². The van der Waals surface area contributed by atoms with Gasteiger partial charge in [-0.3, -0.25) is 9.78 Å². The van der Waals surface area contributed by atoms with E-state index in [0.717, 1.165) is 22.6 Å². The molecule has 0 radical (unpaired) electrons. The first-order valence-corrected chi connectivity index (χ1v) is 9.03. The lowest BCUT2D eigenvalue weighted by Gasteiger charge is -2.24. The minimum atomic E-state index is -0.267. The van der Waals surface area contributed by atoms with Crippen molar-refractivity contribution >= 4 is 34.0 Å². The number of thiazole rings is 1. The lowest BCUT2D eigenvalue weighted by molar-refractivity contribution is -0.121. The summed E-state index contributed by atoms with van der Waals surface area (Å²) in [5.41, 5.74) is 2.67. The number of amides is 1. The van der Waals surface area contributed by atoms with E-state index in [0.29, 0.717) is 23.2 Å². The number of aromatic nitrogens is 2. The van der Waals surface area contributed by atoms with Crippen LogP contribution in [0.4, 0.5) is 5.13 Å². The van der Waals surface area contributed by atoms with Crippen molar-refractivity contribution in [1.82, 2.24) is 9.97 Å². The number of fused-ring (bicyclic) bond motifs is 1. The molecule has 3 heterocycles. The zero-order chi connectivity index (χ0) is 17.2. The van der Waals surface area contributed by atoms with Gasteiger partial charge in [0.2, 0.25) is 5.91 Å². The van der Waals surface area contributed by atoms with Crippen molar-refractivity contribution in [2.75, 3.05) is 11.9 Å². The van der Waals surface area contributed by atoms with Crippen LogP contribution in [0, 0.1) is 5.92 Å². The average Bonchev–Trinajstić information content (AvgIpc) is 3.10. The summed E-state index contributed by atoms with van der Waals surface area (Å²) in [6, 6.07) is 9.27. The molecule has 1 amide bonds. The smallest absolute Gasteiger partial charge is 0.233 e. The van der Waals surface area contributed by atoms with E-state index in [9.17, 15) is 4.79 Å². The molecule has 0 saturated heterocycles. The molecule has 25 heavy (non-hydrogen) atoms. The summed E-state index contributed by atoms with van der Waals surface area (Å²) in [7, 11) is 0. The molecule has 1 atom stereocenters. The number of benzene rings is 1. The van der Waals surface area contributed by atoms with Gasteiger partial charge in [0.05, 0.1) is 11.6 Å². The first-order valence-electron chi connectivity index (χ1n) is 7.77. The predicted octanol–water partition coefficient (Wildman–Crippen LogP) is 4.05. The summed E-state index contributed by atoms with van der Waals surface area (Å²) in [5, 5.41) is 6.00. The van der Waals surface area contributed by atoms with Crippen molar-refractivity contribution in [2.24, 2.45) is 5.92 Å². The van der Waals surface area contributed by atoms with E-state index >= 15 is 0 Å². The first-order chi connectivity index (χ1) is 12.2. The Kier molecular flexibility index (Phi) is 4.38. The number of hydrogen-bond acceptors (Lipinski definition) is 5. The molecule has 0 fully saturated rings. The number of nitrogens with zero attached hydrogens (tertiary/aromatic N) is 2. The van der Waals surface area contributed by atoms with Crippen LogP contribution in [0.3, 0.4) is 0 Å². The van der Waals surface area contributed by atoms with Crippen LogP contribution in [0.25, 0.3) is 11.3 Å². The maximum absolute atomic E-state index is 12.5. The van der Waals surface area contributed by atoms with Gasteiger partial charge in [-0.05, 0) is 42.3 Å². The Morgan fingerprint density at radius 2 is 2.28 bits per heavy atom. The molecule has 2 aromatic heterocycles. The molecule has 5 nitrogen and oxygen atoms in total.